The molecule has 19 heavy (non-hydrogen) atoms. The lowest BCUT2D eigenvalue weighted by atomic mass is 9.83. The van der Waals surface area contributed by atoms with Crippen LogP contribution in [-0.2, 0) is 10.2 Å². The van der Waals surface area contributed by atoms with Gasteiger partial charge in [-0.3, -0.25) is 9.78 Å². The molecule has 4 heteroatoms. The fourth-order valence-corrected chi connectivity index (χ4v) is 1.84. The Labute approximate surface area is 112 Å². The van der Waals surface area contributed by atoms with E-state index in [1.165, 1.54) is 0 Å². The van der Waals surface area contributed by atoms with Crippen LogP contribution in [0.25, 0.3) is 0 Å². The summed E-state index contributed by atoms with van der Waals surface area (Å²) in [7, 11) is 0. The fraction of sp³-hybridized carbons (Fsp3) is 0.200. The van der Waals surface area contributed by atoms with Crippen molar-refractivity contribution in [3.8, 4) is 0 Å². The van der Waals surface area contributed by atoms with E-state index < -0.39 is 11.4 Å². The van der Waals surface area contributed by atoms with Gasteiger partial charge >= 0.3 is 5.97 Å². The first-order valence-electron chi connectivity index (χ1n) is 6.02. The molecule has 1 aromatic heterocycles. The molecule has 0 radical (unpaired) electrons. The average Bonchev–Trinajstić information content (AvgIpc) is 2.40. The lowest BCUT2D eigenvalue weighted by Gasteiger charge is -2.23. The van der Waals surface area contributed by atoms with Gasteiger partial charge in [0, 0.05) is 11.9 Å². The molecule has 98 valence electrons. The lowest BCUT2D eigenvalue weighted by molar-refractivity contribution is -0.142. The minimum Gasteiger partial charge on any atom is -0.481 e. The molecule has 0 atom stereocenters. The summed E-state index contributed by atoms with van der Waals surface area (Å²) in [6, 6.07) is 11.1. The van der Waals surface area contributed by atoms with E-state index in [2.05, 4.69) is 10.3 Å². The van der Waals surface area contributed by atoms with Gasteiger partial charge in [-0.25, -0.2) is 0 Å². The summed E-state index contributed by atoms with van der Waals surface area (Å²) in [5, 5.41) is 12.6. The summed E-state index contributed by atoms with van der Waals surface area (Å²) in [5.74, 6) is -0.854. The normalized spacial score (nSPS) is 11.1. The largest absolute Gasteiger partial charge is 0.481 e. The second kappa shape index (κ2) is 5.10. The van der Waals surface area contributed by atoms with E-state index in [0.29, 0.717) is 0 Å². The van der Waals surface area contributed by atoms with E-state index in [1.54, 1.807) is 26.2 Å². The number of benzene rings is 1. The molecular formula is C15H16N2O2. The van der Waals surface area contributed by atoms with Crippen molar-refractivity contribution < 1.29 is 9.90 Å². The van der Waals surface area contributed by atoms with Crippen molar-refractivity contribution in [2.45, 2.75) is 19.3 Å². The molecular weight excluding hydrogens is 240 g/mol. The first kappa shape index (κ1) is 13.1. The molecule has 0 aliphatic carbocycles. The molecule has 2 rings (SSSR count). The zero-order valence-corrected chi connectivity index (χ0v) is 10.9. The number of pyridine rings is 1. The molecule has 0 fully saturated rings. The second-order valence-corrected chi connectivity index (χ2v) is 4.84. The molecule has 2 N–H and O–H groups in total. The van der Waals surface area contributed by atoms with E-state index in [0.717, 1.165) is 16.9 Å². The molecule has 0 bridgehead atoms. The summed E-state index contributed by atoms with van der Waals surface area (Å²) in [5.41, 5.74) is 1.40. The van der Waals surface area contributed by atoms with Crippen LogP contribution in [0.3, 0.4) is 0 Å². The van der Waals surface area contributed by atoms with Crippen molar-refractivity contribution >= 4 is 17.3 Å². The van der Waals surface area contributed by atoms with Gasteiger partial charge < -0.3 is 10.4 Å². The second-order valence-electron chi connectivity index (χ2n) is 4.84. The number of carboxylic acids is 1. The van der Waals surface area contributed by atoms with E-state index in [9.17, 15) is 9.90 Å². The van der Waals surface area contributed by atoms with Gasteiger partial charge in [0.25, 0.3) is 0 Å². The van der Waals surface area contributed by atoms with Gasteiger partial charge in [0.05, 0.1) is 17.3 Å². The summed E-state index contributed by atoms with van der Waals surface area (Å²) < 4.78 is 0. The predicted molar refractivity (Wildman–Crippen MR) is 74.6 cm³/mol. The van der Waals surface area contributed by atoms with E-state index in [1.807, 2.05) is 36.4 Å². The average molecular weight is 256 g/mol. The highest BCUT2D eigenvalue weighted by atomic mass is 16.4. The van der Waals surface area contributed by atoms with Crippen LogP contribution >= 0.6 is 0 Å². The summed E-state index contributed by atoms with van der Waals surface area (Å²) >= 11 is 0. The molecule has 0 spiro atoms. The van der Waals surface area contributed by atoms with Crippen molar-refractivity contribution in [1.82, 2.24) is 4.98 Å². The SMILES string of the molecule is CC(C)(C(=O)O)c1ccccc1Nc1cccnc1. The van der Waals surface area contributed by atoms with Crippen LogP contribution in [0.15, 0.2) is 48.8 Å². The van der Waals surface area contributed by atoms with Crippen LogP contribution in [0, 0.1) is 0 Å². The number of carbonyl (C=O) groups is 1. The number of hydrogen-bond acceptors (Lipinski definition) is 3. The number of aromatic nitrogens is 1. The third-order valence-electron chi connectivity index (χ3n) is 3.08. The van der Waals surface area contributed by atoms with Crippen LogP contribution in [0.4, 0.5) is 11.4 Å². The van der Waals surface area contributed by atoms with Gasteiger partial charge in [-0.15, -0.1) is 0 Å². The number of hydrogen-bond donors (Lipinski definition) is 2. The van der Waals surface area contributed by atoms with Crippen LogP contribution < -0.4 is 5.32 Å². The molecule has 4 nitrogen and oxygen atoms in total. The van der Waals surface area contributed by atoms with Crippen molar-refractivity contribution in [1.29, 1.82) is 0 Å². The maximum atomic E-state index is 11.4. The Morgan fingerprint density at radius 3 is 2.58 bits per heavy atom. The van der Waals surface area contributed by atoms with E-state index in [4.69, 9.17) is 0 Å². The number of rotatable bonds is 4. The smallest absolute Gasteiger partial charge is 0.313 e. The zero-order chi connectivity index (χ0) is 13.9. The molecule has 2 aromatic rings. The van der Waals surface area contributed by atoms with E-state index >= 15 is 0 Å². The van der Waals surface area contributed by atoms with Crippen molar-refractivity contribution in [2.75, 3.05) is 5.32 Å². The van der Waals surface area contributed by atoms with Gasteiger partial charge in [0.1, 0.15) is 0 Å². The zero-order valence-electron chi connectivity index (χ0n) is 10.9. The molecule has 0 unspecified atom stereocenters. The number of anilines is 2. The van der Waals surface area contributed by atoms with Crippen LogP contribution in [-0.4, -0.2) is 16.1 Å². The number of aliphatic carboxylic acids is 1. The monoisotopic (exact) mass is 256 g/mol. The molecule has 0 aliphatic heterocycles. The topological polar surface area (TPSA) is 62.2 Å². The molecule has 0 saturated heterocycles. The van der Waals surface area contributed by atoms with Crippen molar-refractivity contribution in [3.63, 3.8) is 0 Å². The highest BCUT2D eigenvalue weighted by Gasteiger charge is 2.31. The van der Waals surface area contributed by atoms with Gasteiger partial charge in [0.2, 0.25) is 0 Å². The standard InChI is InChI=1S/C15H16N2O2/c1-15(2,14(18)19)12-7-3-4-8-13(12)17-11-6-5-9-16-10-11/h3-10,17H,1-2H3,(H,18,19). The highest BCUT2D eigenvalue weighted by Crippen LogP contribution is 2.31. The van der Waals surface area contributed by atoms with E-state index in [-0.39, 0.29) is 0 Å². The third kappa shape index (κ3) is 2.73. The van der Waals surface area contributed by atoms with Gasteiger partial charge in [-0.05, 0) is 37.6 Å². The first-order chi connectivity index (χ1) is 9.01. The summed E-state index contributed by atoms with van der Waals surface area (Å²) in [6.07, 6.45) is 3.39. The number of nitrogens with one attached hydrogen (secondary N) is 1. The molecule has 0 saturated carbocycles. The summed E-state index contributed by atoms with van der Waals surface area (Å²) in [4.78, 5) is 15.4. The Bertz CT molecular complexity index is 580. The highest BCUT2D eigenvalue weighted by molar-refractivity contribution is 5.83. The van der Waals surface area contributed by atoms with Crippen LogP contribution in [0.5, 0.6) is 0 Å². The molecule has 1 aromatic carbocycles. The molecule has 0 amide bonds. The third-order valence-corrected chi connectivity index (χ3v) is 3.08. The minimum atomic E-state index is -0.953. The van der Waals surface area contributed by atoms with Gasteiger partial charge in [-0.1, -0.05) is 18.2 Å². The van der Waals surface area contributed by atoms with Gasteiger partial charge in [-0.2, -0.15) is 0 Å². The van der Waals surface area contributed by atoms with Crippen LogP contribution in [0.1, 0.15) is 19.4 Å². The Balaban J connectivity index is 2.40. The first-order valence-corrected chi connectivity index (χ1v) is 6.02. The van der Waals surface area contributed by atoms with Crippen molar-refractivity contribution in [2.24, 2.45) is 0 Å². The number of para-hydroxylation sites is 1. The fourth-order valence-electron chi connectivity index (χ4n) is 1.84. The quantitative estimate of drug-likeness (QED) is 0.881. The number of nitrogens with zero attached hydrogens (tertiary/aromatic N) is 1. The Morgan fingerprint density at radius 1 is 1.21 bits per heavy atom. The maximum absolute atomic E-state index is 11.4. The lowest BCUT2D eigenvalue weighted by Crippen LogP contribution is -2.29. The minimum absolute atomic E-state index is 0.742. The van der Waals surface area contributed by atoms with Crippen molar-refractivity contribution in [3.05, 3.63) is 54.4 Å². The maximum Gasteiger partial charge on any atom is 0.313 e. The summed E-state index contributed by atoms with van der Waals surface area (Å²) in [6.45, 7) is 3.39. The molecule has 0 aliphatic rings. The van der Waals surface area contributed by atoms with Gasteiger partial charge in [0.15, 0.2) is 0 Å². The Kier molecular flexibility index (Phi) is 3.51. The Morgan fingerprint density at radius 2 is 1.95 bits per heavy atom. The Hall–Kier alpha value is -2.36. The molecule has 1 heterocycles. The number of carboxylic acid groups (broad SMARTS) is 1. The predicted octanol–water partition coefficient (Wildman–Crippen LogP) is 3.19. The van der Waals surface area contributed by atoms with Crippen LogP contribution in [0.2, 0.25) is 0 Å².